The average Bonchev–Trinajstić information content (AvgIpc) is 2.74. The summed E-state index contributed by atoms with van der Waals surface area (Å²) < 4.78 is 0. The first-order valence-corrected chi connectivity index (χ1v) is 5.94. The van der Waals surface area contributed by atoms with Crippen LogP contribution in [0.25, 0.3) is 0 Å². The van der Waals surface area contributed by atoms with Crippen LogP contribution in [0.5, 0.6) is 0 Å². The van der Waals surface area contributed by atoms with E-state index in [1.165, 1.54) is 11.8 Å². The number of aromatic amines is 1. The van der Waals surface area contributed by atoms with E-state index in [1.54, 1.807) is 12.1 Å². The Morgan fingerprint density at radius 3 is 2.78 bits per heavy atom. The number of aromatic nitrogens is 4. The molecule has 0 aliphatic carbocycles. The predicted octanol–water partition coefficient (Wildman–Crippen LogP) is 1.06. The highest BCUT2D eigenvalue weighted by molar-refractivity contribution is 7.99. The first kappa shape index (κ1) is 12.4. The van der Waals surface area contributed by atoms with Gasteiger partial charge in [-0.1, -0.05) is 5.16 Å². The smallest absolute Gasteiger partial charge is 0.214 e. The largest absolute Gasteiger partial charge is 0.409 e. The van der Waals surface area contributed by atoms with Gasteiger partial charge in [0, 0.05) is 5.69 Å². The molecule has 0 saturated carbocycles. The molecule has 0 aliphatic heterocycles. The Labute approximate surface area is 108 Å². The first-order valence-electron chi connectivity index (χ1n) is 5.12. The van der Waals surface area contributed by atoms with Crippen molar-refractivity contribution in [2.45, 2.75) is 24.0 Å². The normalized spacial score (nSPS) is 11.8. The molecule has 2 heterocycles. The van der Waals surface area contributed by atoms with Crippen molar-refractivity contribution in [3.8, 4) is 0 Å². The van der Waals surface area contributed by atoms with E-state index in [2.05, 4.69) is 25.3 Å². The molecule has 18 heavy (non-hydrogen) atoms. The van der Waals surface area contributed by atoms with Crippen LogP contribution in [0.4, 0.5) is 0 Å². The van der Waals surface area contributed by atoms with E-state index < -0.39 is 0 Å². The van der Waals surface area contributed by atoms with Gasteiger partial charge in [0.25, 0.3) is 0 Å². The number of aryl methyl sites for hydroxylation is 2. The van der Waals surface area contributed by atoms with Gasteiger partial charge < -0.3 is 10.9 Å². The molecule has 0 aromatic carbocycles. The second kappa shape index (κ2) is 5.05. The summed E-state index contributed by atoms with van der Waals surface area (Å²) in [5.41, 5.74) is 6.99. The van der Waals surface area contributed by atoms with Gasteiger partial charge in [-0.15, -0.1) is 5.10 Å². The zero-order valence-electron chi connectivity index (χ0n) is 9.88. The Morgan fingerprint density at radius 1 is 1.39 bits per heavy atom. The standard InChI is InChI=1S/C10H12N6OS/c1-5-3-4-7(8(11)16-17)9(12-5)18-10-13-6(2)14-15-10/h3-4,17H,1-2H3,(H2,11,16)(H,13,14,15). The minimum absolute atomic E-state index is 0.0113. The molecule has 2 rings (SSSR count). The van der Waals surface area contributed by atoms with Gasteiger partial charge in [-0.2, -0.15) is 0 Å². The van der Waals surface area contributed by atoms with Gasteiger partial charge in [0.1, 0.15) is 10.9 Å². The van der Waals surface area contributed by atoms with E-state index in [1.807, 2.05) is 13.8 Å². The van der Waals surface area contributed by atoms with Crippen LogP contribution < -0.4 is 5.73 Å². The second-order valence-electron chi connectivity index (χ2n) is 3.60. The summed E-state index contributed by atoms with van der Waals surface area (Å²) in [6.45, 7) is 3.68. The van der Waals surface area contributed by atoms with Crippen LogP contribution >= 0.6 is 11.8 Å². The molecular formula is C10H12N6OS. The molecular weight excluding hydrogens is 252 g/mol. The Kier molecular flexibility index (Phi) is 3.47. The lowest BCUT2D eigenvalue weighted by Crippen LogP contribution is -2.15. The zero-order chi connectivity index (χ0) is 13.1. The molecule has 0 aliphatic rings. The van der Waals surface area contributed by atoms with Crippen molar-refractivity contribution in [2.75, 3.05) is 0 Å². The molecule has 0 saturated heterocycles. The number of pyridine rings is 1. The van der Waals surface area contributed by atoms with Gasteiger partial charge in [-0.3, -0.25) is 5.10 Å². The summed E-state index contributed by atoms with van der Waals surface area (Å²) >= 11 is 1.26. The number of hydrogen-bond donors (Lipinski definition) is 3. The fourth-order valence-electron chi connectivity index (χ4n) is 1.31. The number of oxime groups is 1. The van der Waals surface area contributed by atoms with Crippen molar-refractivity contribution in [1.82, 2.24) is 20.2 Å². The van der Waals surface area contributed by atoms with E-state index in [0.717, 1.165) is 11.5 Å². The molecule has 0 spiro atoms. The summed E-state index contributed by atoms with van der Waals surface area (Å²) in [5, 5.41) is 19.6. The molecule has 8 heteroatoms. The third kappa shape index (κ3) is 2.59. The summed E-state index contributed by atoms with van der Waals surface area (Å²) in [6.07, 6.45) is 0. The zero-order valence-corrected chi connectivity index (χ0v) is 10.7. The number of nitrogens with one attached hydrogen (secondary N) is 1. The van der Waals surface area contributed by atoms with Crippen LogP contribution in [0, 0.1) is 13.8 Å². The highest BCUT2D eigenvalue weighted by Crippen LogP contribution is 2.26. The lowest BCUT2D eigenvalue weighted by atomic mass is 10.2. The molecule has 0 fully saturated rings. The Morgan fingerprint density at radius 2 is 2.17 bits per heavy atom. The third-order valence-electron chi connectivity index (χ3n) is 2.15. The maximum Gasteiger partial charge on any atom is 0.214 e. The average molecular weight is 264 g/mol. The molecule has 0 unspecified atom stereocenters. The van der Waals surface area contributed by atoms with Crippen LogP contribution in [0.2, 0.25) is 0 Å². The second-order valence-corrected chi connectivity index (χ2v) is 4.55. The van der Waals surface area contributed by atoms with Gasteiger partial charge in [0.05, 0.1) is 5.56 Å². The fraction of sp³-hybridized carbons (Fsp3) is 0.200. The highest BCUT2D eigenvalue weighted by Gasteiger charge is 2.13. The van der Waals surface area contributed by atoms with Crippen molar-refractivity contribution < 1.29 is 5.21 Å². The Bertz CT molecular complexity index is 594. The van der Waals surface area contributed by atoms with Crippen LogP contribution in [0.15, 0.2) is 27.5 Å². The van der Waals surface area contributed by atoms with E-state index in [4.69, 9.17) is 10.9 Å². The number of nitrogens with zero attached hydrogens (tertiary/aromatic N) is 4. The maximum atomic E-state index is 8.74. The van der Waals surface area contributed by atoms with Crippen molar-refractivity contribution >= 4 is 17.6 Å². The van der Waals surface area contributed by atoms with Gasteiger partial charge in [-0.05, 0) is 37.7 Å². The van der Waals surface area contributed by atoms with Crippen LogP contribution in [0.1, 0.15) is 17.1 Å². The number of amidine groups is 1. The third-order valence-corrected chi connectivity index (χ3v) is 3.02. The molecule has 0 radical (unpaired) electrons. The maximum absolute atomic E-state index is 8.74. The fourth-order valence-corrected chi connectivity index (χ4v) is 2.23. The minimum atomic E-state index is 0.0113. The lowest BCUT2D eigenvalue weighted by molar-refractivity contribution is 0.318. The topological polar surface area (TPSA) is 113 Å². The lowest BCUT2D eigenvalue weighted by Gasteiger charge is -2.05. The van der Waals surface area contributed by atoms with Crippen LogP contribution in [-0.4, -0.2) is 31.2 Å². The number of hydrogen-bond acceptors (Lipinski definition) is 6. The molecule has 0 atom stereocenters. The highest BCUT2D eigenvalue weighted by atomic mass is 32.2. The molecule has 0 amide bonds. The number of rotatable bonds is 3. The molecule has 94 valence electrons. The van der Waals surface area contributed by atoms with Crippen molar-refractivity contribution in [2.24, 2.45) is 10.9 Å². The van der Waals surface area contributed by atoms with E-state index in [-0.39, 0.29) is 5.84 Å². The Balaban J connectivity index is 2.39. The van der Waals surface area contributed by atoms with Crippen molar-refractivity contribution in [3.63, 3.8) is 0 Å². The summed E-state index contributed by atoms with van der Waals surface area (Å²) in [6, 6.07) is 3.54. The summed E-state index contributed by atoms with van der Waals surface area (Å²) in [4.78, 5) is 8.52. The number of nitrogens with two attached hydrogens (primary N) is 1. The quantitative estimate of drug-likeness (QED) is 0.330. The molecule has 2 aromatic heterocycles. The molecule has 0 bridgehead atoms. The first-order chi connectivity index (χ1) is 8.60. The monoisotopic (exact) mass is 264 g/mol. The molecule has 7 nitrogen and oxygen atoms in total. The molecule has 2 aromatic rings. The van der Waals surface area contributed by atoms with Crippen LogP contribution in [-0.2, 0) is 0 Å². The predicted molar refractivity (Wildman–Crippen MR) is 66.7 cm³/mol. The van der Waals surface area contributed by atoms with E-state index in [0.29, 0.717) is 15.7 Å². The Hall–Kier alpha value is -2.09. The molecule has 4 N–H and O–H groups in total. The van der Waals surface area contributed by atoms with E-state index in [9.17, 15) is 0 Å². The van der Waals surface area contributed by atoms with Gasteiger partial charge in [-0.25, -0.2) is 9.97 Å². The van der Waals surface area contributed by atoms with Gasteiger partial charge in [0.15, 0.2) is 5.84 Å². The van der Waals surface area contributed by atoms with Gasteiger partial charge in [0.2, 0.25) is 5.16 Å². The minimum Gasteiger partial charge on any atom is -0.409 e. The van der Waals surface area contributed by atoms with E-state index >= 15 is 0 Å². The van der Waals surface area contributed by atoms with Crippen molar-refractivity contribution in [1.29, 1.82) is 0 Å². The summed E-state index contributed by atoms with van der Waals surface area (Å²) in [7, 11) is 0. The van der Waals surface area contributed by atoms with Crippen molar-refractivity contribution in [3.05, 3.63) is 29.2 Å². The number of H-pyrrole nitrogens is 1. The van der Waals surface area contributed by atoms with Gasteiger partial charge >= 0.3 is 0 Å². The van der Waals surface area contributed by atoms with Crippen LogP contribution in [0.3, 0.4) is 0 Å². The SMILES string of the molecule is Cc1ccc(C(N)=NO)c(Sc2n[nH]c(C)n2)n1. The summed E-state index contributed by atoms with van der Waals surface area (Å²) in [5.74, 6) is 0.729.